The van der Waals surface area contributed by atoms with E-state index >= 15 is 0 Å². The van der Waals surface area contributed by atoms with E-state index in [-0.39, 0.29) is 5.60 Å². The molecule has 0 bridgehead atoms. The monoisotopic (exact) mass is 210 g/mol. The number of rotatable bonds is 3. The minimum atomic E-state index is -0.358. The molecule has 1 aliphatic rings. The minimum Gasteiger partial charge on any atom is -0.390 e. The fourth-order valence-corrected chi connectivity index (χ4v) is 3.11. The van der Waals surface area contributed by atoms with Crippen molar-refractivity contribution in [3.63, 3.8) is 0 Å². The Morgan fingerprint density at radius 1 is 1.64 bits per heavy atom. The molecule has 78 valence electrons. The van der Waals surface area contributed by atoms with E-state index in [2.05, 4.69) is 24.4 Å². The topological polar surface area (TPSA) is 20.2 Å². The highest BCUT2D eigenvalue weighted by Gasteiger charge is 2.34. The van der Waals surface area contributed by atoms with Crippen molar-refractivity contribution in [3.05, 3.63) is 22.4 Å². The summed E-state index contributed by atoms with van der Waals surface area (Å²) in [5.74, 6) is 0.711. The van der Waals surface area contributed by atoms with E-state index in [0.29, 0.717) is 5.92 Å². The van der Waals surface area contributed by atoms with Crippen molar-refractivity contribution in [2.45, 2.75) is 44.6 Å². The van der Waals surface area contributed by atoms with E-state index in [1.54, 1.807) is 11.3 Å². The summed E-state index contributed by atoms with van der Waals surface area (Å²) in [6.07, 6.45) is 5.18. The van der Waals surface area contributed by atoms with Gasteiger partial charge in [0.05, 0.1) is 5.60 Å². The largest absolute Gasteiger partial charge is 0.390 e. The number of thiophene rings is 1. The molecule has 1 N–H and O–H groups in total. The molecule has 1 aromatic rings. The van der Waals surface area contributed by atoms with Gasteiger partial charge in [0.1, 0.15) is 0 Å². The lowest BCUT2D eigenvalue weighted by atomic mass is 9.94. The molecule has 2 unspecified atom stereocenters. The molecular formula is C12H18OS. The summed E-state index contributed by atoms with van der Waals surface area (Å²) >= 11 is 1.79. The van der Waals surface area contributed by atoms with Crippen LogP contribution in [0.2, 0.25) is 0 Å². The van der Waals surface area contributed by atoms with Crippen LogP contribution in [0, 0.1) is 5.92 Å². The molecule has 0 aliphatic heterocycles. The smallest absolute Gasteiger partial charge is 0.0654 e. The molecule has 1 nitrogen and oxygen atoms in total. The zero-order valence-electron chi connectivity index (χ0n) is 8.70. The van der Waals surface area contributed by atoms with E-state index in [9.17, 15) is 5.11 Å². The number of hydrogen-bond acceptors (Lipinski definition) is 2. The van der Waals surface area contributed by atoms with Gasteiger partial charge in [-0.3, -0.25) is 0 Å². The van der Waals surface area contributed by atoms with Gasteiger partial charge in [0, 0.05) is 4.88 Å². The van der Waals surface area contributed by atoms with Crippen LogP contribution in [0.1, 0.15) is 37.5 Å². The zero-order valence-corrected chi connectivity index (χ0v) is 9.52. The van der Waals surface area contributed by atoms with Crippen molar-refractivity contribution in [2.24, 2.45) is 5.92 Å². The van der Waals surface area contributed by atoms with Crippen LogP contribution in [0.3, 0.4) is 0 Å². The molecule has 14 heavy (non-hydrogen) atoms. The van der Waals surface area contributed by atoms with Gasteiger partial charge < -0.3 is 5.11 Å². The van der Waals surface area contributed by atoms with E-state index in [4.69, 9.17) is 0 Å². The molecule has 0 aromatic carbocycles. The molecule has 1 fully saturated rings. The Bertz CT molecular complexity index is 281. The summed E-state index contributed by atoms with van der Waals surface area (Å²) in [5.41, 5.74) is -0.358. The van der Waals surface area contributed by atoms with Gasteiger partial charge in [0.15, 0.2) is 0 Å². The molecule has 1 aliphatic carbocycles. The van der Waals surface area contributed by atoms with Gasteiger partial charge in [-0.1, -0.05) is 13.0 Å². The Hall–Kier alpha value is -0.340. The molecule has 0 spiro atoms. The number of aryl methyl sites for hydroxylation is 1. The lowest BCUT2D eigenvalue weighted by Gasteiger charge is -2.21. The second-order valence-electron chi connectivity index (χ2n) is 4.65. The maximum atomic E-state index is 10.3. The normalized spacial score (nSPS) is 32.3. The van der Waals surface area contributed by atoms with Crippen molar-refractivity contribution in [1.82, 2.24) is 0 Å². The Kier molecular flexibility index (Phi) is 2.93. The van der Waals surface area contributed by atoms with Crippen molar-refractivity contribution >= 4 is 11.3 Å². The van der Waals surface area contributed by atoms with Crippen LogP contribution < -0.4 is 0 Å². The Balaban J connectivity index is 1.86. The third kappa shape index (κ3) is 2.37. The predicted molar refractivity (Wildman–Crippen MR) is 60.6 cm³/mol. The SMILES string of the molecule is CC1CCC(O)(CCc2cccs2)C1. The van der Waals surface area contributed by atoms with Crippen molar-refractivity contribution < 1.29 is 5.11 Å². The van der Waals surface area contributed by atoms with Crippen LogP contribution in [0.15, 0.2) is 17.5 Å². The predicted octanol–water partition coefficient (Wildman–Crippen LogP) is 3.23. The standard InChI is InChI=1S/C12H18OS/c1-10-4-6-12(13,9-10)7-5-11-3-2-8-14-11/h2-3,8,10,13H,4-7,9H2,1H3. The minimum absolute atomic E-state index is 0.358. The van der Waals surface area contributed by atoms with Gasteiger partial charge in [-0.2, -0.15) is 0 Å². The van der Waals surface area contributed by atoms with Gasteiger partial charge in [0.2, 0.25) is 0 Å². The summed E-state index contributed by atoms with van der Waals surface area (Å²) in [5, 5.41) is 12.4. The molecule has 1 aromatic heterocycles. The van der Waals surface area contributed by atoms with Crippen LogP contribution >= 0.6 is 11.3 Å². The molecule has 2 rings (SSSR count). The summed E-state index contributed by atoms with van der Waals surface area (Å²) in [6.45, 7) is 2.24. The Morgan fingerprint density at radius 3 is 3.07 bits per heavy atom. The first-order chi connectivity index (χ1) is 6.68. The van der Waals surface area contributed by atoms with Gasteiger partial charge >= 0.3 is 0 Å². The molecule has 0 radical (unpaired) electrons. The van der Waals surface area contributed by atoms with Gasteiger partial charge in [-0.25, -0.2) is 0 Å². The lowest BCUT2D eigenvalue weighted by Crippen LogP contribution is -2.25. The van der Waals surface area contributed by atoms with E-state index in [0.717, 1.165) is 25.7 Å². The van der Waals surface area contributed by atoms with E-state index in [1.807, 2.05) is 0 Å². The summed E-state index contributed by atoms with van der Waals surface area (Å²) in [6, 6.07) is 4.24. The number of hydrogen-bond donors (Lipinski definition) is 1. The first-order valence-corrected chi connectivity index (χ1v) is 6.31. The van der Waals surface area contributed by atoms with Gasteiger partial charge in [-0.05, 0) is 49.5 Å². The van der Waals surface area contributed by atoms with Crippen LogP contribution in [0.5, 0.6) is 0 Å². The van der Waals surface area contributed by atoms with Crippen LogP contribution in [0.4, 0.5) is 0 Å². The van der Waals surface area contributed by atoms with Gasteiger partial charge in [-0.15, -0.1) is 11.3 Å². The highest BCUT2D eigenvalue weighted by Crippen LogP contribution is 2.37. The van der Waals surface area contributed by atoms with Gasteiger partial charge in [0.25, 0.3) is 0 Å². The molecule has 0 amide bonds. The highest BCUT2D eigenvalue weighted by molar-refractivity contribution is 7.09. The van der Waals surface area contributed by atoms with E-state index < -0.39 is 0 Å². The fourth-order valence-electron chi connectivity index (χ4n) is 2.41. The molecule has 1 heterocycles. The number of aliphatic hydroxyl groups is 1. The first kappa shape index (κ1) is 10.2. The zero-order chi connectivity index (χ0) is 10.0. The molecule has 2 atom stereocenters. The molecule has 1 saturated carbocycles. The summed E-state index contributed by atoms with van der Waals surface area (Å²) < 4.78 is 0. The van der Waals surface area contributed by atoms with Crippen molar-refractivity contribution in [2.75, 3.05) is 0 Å². The summed E-state index contributed by atoms with van der Waals surface area (Å²) in [7, 11) is 0. The maximum absolute atomic E-state index is 10.3. The molecular weight excluding hydrogens is 192 g/mol. The summed E-state index contributed by atoms with van der Waals surface area (Å²) in [4.78, 5) is 1.40. The first-order valence-electron chi connectivity index (χ1n) is 5.43. The Labute approximate surface area is 89.8 Å². The second-order valence-corrected chi connectivity index (χ2v) is 5.68. The molecule has 2 heteroatoms. The quantitative estimate of drug-likeness (QED) is 0.812. The highest BCUT2D eigenvalue weighted by atomic mass is 32.1. The maximum Gasteiger partial charge on any atom is 0.0654 e. The fraction of sp³-hybridized carbons (Fsp3) is 0.667. The van der Waals surface area contributed by atoms with Crippen molar-refractivity contribution in [3.8, 4) is 0 Å². The van der Waals surface area contributed by atoms with Crippen LogP contribution in [-0.2, 0) is 6.42 Å². The average molecular weight is 210 g/mol. The molecule has 0 saturated heterocycles. The van der Waals surface area contributed by atoms with E-state index in [1.165, 1.54) is 11.3 Å². The van der Waals surface area contributed by atoms with Crippen LogP contribution in [-0.4, -0.2) is 10.7 Å². The lowest BCUT2D eigenvalue weighted by molar-refractivity contribution is 0.0359. The Morgan fingerprint density at radius 2 is 2.50 bits per heavy atom. The average Bonchev–Trinajstić information content (AvgIpc) is 2.73. The van der Waals surface area contributed by atoms with Crippen molar-refractivity contribution in [1.29, 1.82) is 0 Å². The third-order valence-electron chi connectivity index (χ3n) is 3.25. The van der Waals surface area contributed by atoms with Crippen LogP contribution in [0.25, 0.3) is 0 Å². The second kappa shape index (κ2) is 4.03. The third-order valence-corrected chi connectivity index (χ3v) is 4.18.